The van der Waals surface area contributed by atoms with Gasteiger partial charge >= 0.3 is 0 Å². The number of hydrogen-bond donors (Lipinski definition) is 1. The smallest absolute Gasteiger partial charge is 0.222 e. The monoisotopic (exact) mass is 418 g/mol. The van der Waals surface area contributed by atoms with Gasteiger partial charge in [-0.05, 0) is 43.9 Å². The molecule has 0 aliphatic rings. The van der Waals surface area contributed by atoms with Crippen LogP contribution in [0.3, 0.4) is 0 Å². The summed E-state index contributed by atoms with van der Waals surface area (Å²) in [6.45, 7) is 0.750. The normalized spacial score (nSPS) is 11.1. The van der Waals surface area contributed by atoms with Gasteiger partial charge < -0.3 is 4.90 Å². The van der Waals surface area contributed by atoms with Gasteiger partial charge in [-0.15, -0.1) is 11.3 Å². The third kappa shape index (κ3) is 5.13. The van der Waals surface area contributed by atoms with E-state index in [0.717, 1.165) is 59.7 Å². The van der Waals surface area contributed by atoms with Crippen molar-refractivity contribution in [2.75, 3.05) is 13.6 Å². The zero-order chi connectivity index (χ0) is 20.8. The first-order valence-electron chi connectivity index (χ1n) is 10.4. The van der Waals surface area contributed by atoms with Gasteiger partial charge in [-0.1, -0.05) is 42.5 Å². The highest BCUT2D eigenvalue weighted by Crippen LogP contribution is 2.23. The molecule has 2 aromatic heterocycles. The number of carbonyl (C=O) groups is 1. The standard InChI is InChI=1S/C24H26N4OS/c1-28(16-8-11-19-17-21(27-26-19)18-9-3-2-4-10-18)24(29)15-7-14-23-25-20-12-5-6-13-22(20)30-23/h2-6,9-10,12-13,17H,7-8,11,14-16H2,1H3,(H,26,27). The van der Waals surface area contributed by atoms with Crippen LogP contribution in [0.15, 0.2) is 60.7 Å². The van der Waals surface area contributed by atoms with Gasteiger partial charge in [0.1, 0.15) is 0 Å². The van der Waals surface area contributed by atoms with Crippen LogP contribution in [-0.4, -0.2) is 39.6 Å². The Balaban J connectivity index is 1.18. The summed E-state index contributed by atoms with van der Waals surface area (Å²) >= 11 is 1.72. The Hall–Kier alpha value is -2.99. The number of carbonyl (C=O) groups excluding carboxylic acids is 1. The Morgan fingerprint density at radius 1 is 1.03 bits per heavy atom. The third-order valence-corrected chi connectivity index (χ3v) is 6.28. The molecular weight excluding hydrogens is 392 g/mol. The molecule has 154 valence electrons. The van der Waals surface area contributed by atoms with Crippen molar-refractivity contribution < 1.29 is 4.79 Å². The summed E-state index contributed by atoms with van der Waals surface area (Å²) in [7, 11) is 1.89. The van der Waals surface area contributed by atoms with E-state index in [0.29, 0.717) is 6.42 Å². The number of nitrogens with one attached hydrogen (secondary N) is 1. The SMILES string of the molecule is CN(CCCc1cc(-c2ccccc2)n[nH]1)C(=O)CCCc1nc2ccccc2s1. The molecule has 1 N–H and O–H groups in total. The number of amides is 1. The molecule has 0 spiro atoms. The molecule has 30 heavy (non-hydrogen) atoms. The first kappa shape index (κ1) is 20.3. The number of thiazole rings is 1. The van der Waals surface area contributed by atoms with E-state index < -0.39 is 0 Å². The van der Waals surface area contributed by atoms with E-state index in [1.165, 1.54) is 4.70 Å². The molecule has 2 heterocycles. The Bertz CT molecular complexity index is 1070. The topological polar surface area (TPSA) is 61.9 Å². The summed E-state index contributed by atoms with van der Waals surface area (Å²) in [5.41, 5.74) is 4.23. The molecule has 6 heteroatoms. The first-order valence-corrected chi connectivity index (χ1v) is 11.2. The minimum Gasteiger partial charge on any atom is -0.346 e. The van der Waals surface area contributed by atoms with E-state index >= 15 is 0 Å². The predicted molar refractivity (Wildman–Crippen MR) is 123 cm³/mol. The quantitative estimate of drug-likeness (QED) is 0.411. The number of H-pyrrole nitrogens is 1. The minimum absolute atomic E-state index is 0.200. The Kier molecular flexibility index (Phi) is 6.54. The maximum atomic E-state index is 12.4. The average Bonchev–Trinajstić information content (AvgIpc) is 3.41. The van der Waals surface area contributed by atoms with Gasteiger partial charge in [0, 0.05) is 31.3 Å². The molecule has 0 aliphatic carbocycles. The van der Waals surface area contributed by atoms with Gasteiger partial charge in [0.2, 0.25) is 5.91 Å². The van der Waals surface area contributed by atoms with Crippen molar-refractivity contribution in [2.24, 2.45) is 0 Å². The molecule has 0 bridgehead atoms. The zero-order valence-electron chi connectivity index (χ0n) is 17.2. The Morgan fingerprint density at radius 2 is 1.83 bits per heavy atom. The predicted octanol–water partition coefficient (Wildman–Crippen LogP) is 5.10. The van der Waals surface area contributed by atoms with Crippen molar-refractivity contribution in [3.63, 3.8) is 0 Å². The van der Waals surface area contributed by atoms with Crippen LogP contribution in [0.1, 0.15) is 30.0 Å². The van der Waals surface area contributed by atoms with Crippen molar-refractivity contribution in [1.29, 1.82) is 0 Å². The molecule has 4 rings (SSSR count). The van der Waals surface area contributed by atoms with Crippen molar-refractivity contribution in [2.45, 2.75) is 32.1 Å². The van der Waals surface area contributed by atoms with Crippen molar-refractivity contribution in [3.8, 4) is 11.3 Å². The lowest BCUT2D eigenvalue weighted by Gasteiger charge is -2.16. The van der Waals surface area contributed by atoms with Gasteiger partial charge in [-0.25, -0.2) is 4.98 Å². The number of fused-ring (bicyclic) bond motifs is 1. The fraction of sp³-hybridized carbons (Fsp3) is 0.292. The van der Waals surface area contributed by atoms with Crippen LogP contribution in [0.25, 0.3) is 21.5 Å². The van der Waals surface area contributed by atoms with E-state index in [2.05, 4.69) is 39.4 Å². The van der Waals surface area contributed by atoms with E-state index in [9.17, 15) is 4.79 Å². The highest BCUT2D eigenvalue weighted by molar-refractivity contribution is 7.18. The highest BCUT2D eigenvalue weighted by Gasteiger charge is 2.10. The number of rotatable bonds is 9. The second kappa shape index (κ2) is 9.67. The lowest BCUT2D eigenvalue weighted by molar-refractivity contribution is -0.130. The lowest BCUT2D eigenvalue weighted by Crippen LogP contribution is -2.27. The number of nitrogens with zero attached hydrogens (tertiary/aromatic N) is 3. The first-order chi connectivity index (χ1) is 14.7. The third-order valence-electron chi connectivity index (χ3n) is 5.19. The lowest BCUT2D eigenvalue weighted by atomic mass is 10.1. The molecule has 0 atom stereocenters. The maximum Gasteiger partial charge on any atom is 0.222 e. The van der Waals surface area contributed by atoms with Crippen LogP contribution >= 0.6 is 11.3 Å². The van der Waals surface area contributed by atoms with E-state index in [1.807, 2.05) is 48.3 Å². The van der Waals surface area contributed by atoms with Gasteiger partial charge in [0.25, 0.3) is 0 Å². The molecule has 0 saturated carbocycles. The van der Waals surface area contributed by atoms with Gasteiger partial charge in [0.05, 0.1) is 20.9 Å². The number of aromatic nitrogens is 3. The molecule has 0 saturated heterocycles. The fourth-order valence-corrected chi connectivity index (χ4v) is 4.50. The van der Waals surface area contributed by atoms with Crippen LogP contribution < -0.4 is 0 Å². The highest BCUT2D eigenvalue weighted by atomic mass is 32.1. The summed E-state index contributed by atoms with van der Waals surface area (Å²) in [6, 6.07) is 20.4. The molecule has 0 radical (unpaired) electrons. The van der Waals surface area contributed by atoms with E-state index in [1.54, 1.807) is 11.3 Å². The summed E-state index contributed by atoms with van der Waals surface area (Å²) in [5.74, 6) is 0.200. The summed E-state index contributed by atoms with van der Waals surface area (Å²) in [6.07, 6.45) is 4.05. The molecule has 0 fully saturated rings. The number of benzene rings is 2. The molecule has 0 aliphatic heterocycles. The Morgan fingerprint density at radius 3 is 2.67 bits per heavy atom. The molecule has 0 unspecified atom stereocenters. The molecule has 4 aromatic rings. The molecular formula is C24H26N4OS. The molecule has 2 aromatic carbocycles. The second-order valence-corrected chi connectivity index (χ2v) is 8.61. The number of para-hydroxylation sites is 1. The van der Waals surface area contributed by atoms with E-state index in [4.69, 9.17) is 0 Å². The van der Waals surface area contributed by atoms with Crippen molar-refractivity contribution >= 4 is 27.5 Å². The van der Waals surface area contributed by atoms with Gasteiger partial charge in [-0.2, -0.15) is 5.10 Å². The minimum atomic E-state index is 0.200. The van der Waals surface area contributed by atoms with Gasteiger partial charge in [0.15, 0.2) is 0 Å². The number of aromatic amines is 1. The summed E-state index contributed by atoms with van der Waals surface area (Å²) in [4.78, 5) is 18.9. The van der Waals surface area contributed by atoms with Crippen LogP contribution in [0.5, 0.6) is 0 Å². The number of aryl methyl sites for hydroxylation is 2. The molecule has 1 amide bonds. The second-order valence-electron chi connectivity index (χ2n) is 7.49. The van der Waals surface area contributed by atoms with E-state index in [-0.39, 0.29) is 5.91 Å². The summed E-state index contributed by atoms with van der Waals surface area (Å²) in [5, 5.41) is 8.62. The van der Waals surface area contributed by atoms with Crippen LogP contribution in [-0.2, 0) is 17.6 Å². The van der Waals surface area contributed by atoms with Crippen LogP contribution in [0.4, 0.5) is 0 Å². The summed E-state index contributed by atoms with van der Waals surface area (Å²) < 4.78 is 1.21. The maximum absolute atomic E-state index is 12.4. The van der Waals surface area contributed by atoms with Crippen molar-refractivity contribution in [3.05, 3.63) is 71.4 Å². The average molecular weight is 419 g/mol. The Labute approximate surface area is 180 Å². The van der Waals surface area contributed by atoms with Crippen molar-refractivity contribution in [1.82, 2.24) is 20.1 Å². The van der Waals surface area contributed by atoms with Crippen LogP contribution in [0, 0.1) is 0 Å². The van der Waals surface area contributed by atoms with Gasteiger partial charge in [-0.3, -0.25) is 9.89 Å². The fourth-order valence-electron chi connectivity index (χ4n) is 3.49. The molecule has 5 nitrogen and oxygen atoms in total. The zero-order valence-corrected chi connectivity index (χ0v) is 18.0. The number of hydrogen-bond acceptors (Lipinski definition) is 4. The van der Waals surface area contributed by atoms with Crippen LogP contribution in [0.2, 0.25) is 0 Å². The largest absolute Gasteiger partial charge is 0.346 e.